The summed E-state index contributed by atoms with van der Waals surface area (Å²) >= 11 is 7.15. The van der Waals surface area contributed by atoms with E-state index in [4.69, 9.17) is 11.6 Å². The first-order valence-corrected chi connectivity index (χ1v) is 10.9. The third kappa shape index (κ3) is 4.90. The number of carbonyl (C=O) groups is 2. The van der Waals surface area contributed by atoms with Gasteiger partial charge in [0.25, 0.3) is 5.69 Å². The lowest BCUT2D eigenvalue weighted by atomic mass is 9.81. The highest BCUT2D eigenvalue weighted by Crippen LogP contribution is 2.41. The fraction of sp³-hybridized carbons (Fsp3) is 0.174. The van der Waals surface area contributed by atoms with E-state index in [1.54, 1.807) is 31.2 Å². The molecule has 162 valence electrons. The molecule has 0 aromatic heterocycles. The van der Waals surface area contributed by atoms with Crippen LogP contribution in [0.15, 0.2) is 70.4 Å². The maximum Gasteiger partial charge on any atom is 0.269 e. The Kier molecular flexibility index (Phi) is 7.13. The summed E-state index contributed by atoms with van der Waals surface area (Å²) in [4.78, 5) is 35.3. The number of nitrogens with one attached hydrogen (secondary N) is 1. The van der Waals surface area contributed by atoms with Crippen molar-refractivity contribution >= 4 is 40.6 Å². The Morgan fingerprint density at radius 3 is 2.34 bits per heavy atom. The highest BCUT2D eigenvalue weighted by molar-refractivity contribution is 8.03. The Balaban J connectivity index is 1.90. The SMILES string of the molecule is CC(=O)C1=C(C)NC(SCC(=O)c2ccc([N+](=O)[O-])cc2)=C(C#N)[C@H]1c1ccc(Cl)cc1. The molecular formula is C23H18ClN3O4S. The number of nitro benzene ring substituents is 1. The quantitative estimate of drug-likeness (QED) is 0.340. The third-order valence-corrected chi connectivity index (χ3v) is 6.25. The number of carbonyl (C=O) groups excluding carboxylic acids is 2. The van der Waals surface area contributed by atoms with Gasteiger partial charge in [0.2, 0.25) is 0 Å². The van der Waals surface area contributed by atoms with Gasteiger partial charge in [-0.1, -0.05) is 35.5 Å². The van der Waals surface area contributed by atoms with Gasteiger partial charge in [-0.3, -0.25) is 19.7 Å². The van der Waals surface area contributed by atoms with Gasteiger partial charge in [-0.25, -0.2) is 0 Å². The number of nitrogens with zero attached hydrogens (tertiary/aromatic N) is 2. The Bertz CT molecular complexity index is 1200. The molecule has 0 spiro atoms. The highest BCUT2D eigenvalue weighted by Gasteiger charge is 2.33. The van der Waals surface area contributed by atoms with E-state index in [1.807, 2.05) is 0 Å². The lowest BCUT2D eigenvalue weighted by Gasteiger charge is -2.29. The minimum atomic E-state index is -0.576. The second-order valence-corrected chi connectivity index (χ2v) is 8.50. The summed E-state index contributed by atoms with van der Waals surface area (Å²) in [7, 11) is 0. The predicted molar refractivity (Wildman–Crippen MR) is 123 cm³/mol. The number of nitro groups is 1. The number of rotatable bonds is 7. The molecule has 1 N–H and O–H groups in total. The number of hydrogen-bond donors (Lipinski definition) is 1. The van der Waals surface area contributed by atoms with Crippen molar-refractivity contribution in [1.29, 1.82) is 5.26 Å². The number of thioether (sulfide) groups is 1. The molecular weight excluding hydrogens is 450 g/mol. The lowest BCUT2D eigenvalue weighted by Crippen LogP contribution is -2.27. The highest BCUT2D eigenvalue weighted by atomic mass is 35.5. The topological polar surface area (TPSA) is 113 Å². The standard InChI is InChI=1S/C23H18ClN3O4S/c1-13-21(14(2)28)22(16-3-7-17(24)8-4-16)19(11-25)23(26-13)32-12-20(29)15-5-9-18(10-6-15)27(30)31/h3-10,22,26H,12H2,1-2H3/t22-/m1/s1. The molecule has 0 saturated carbocycles. The first-order valence-electron chi connectivity index (χ1n) is 9.51. The fourth-order valence-electron chi connectivity index (χ4n) is 3.47. The fourth-order valence-corrected chi connectivity index (χ4v) is 4.58. The molecule has 1 atom stereocenters. The first-order chi connectivity index (χ1) is 15.2. The minimum Gasteiger partial charge on any atom is -0.353 e. The van der Waals surface area contributed by atoms with Crippen LogP contribution in [0.25, 0.3) is 0 Å². The van der Waals surface area contributed by atoms with E-state index in [0.29, 0.717) is 32.5 Å². The third-order valence-electron chi connectivity index (χ3n) is 4.98. The van der Waals surface area contributed by atoms with Crippen molar-refractivity contribution in [3.63, 3.8) is 0 Å². The van der Waals surface area contributed by atoms with Crippen LogP contribution in [0.2, 0.25) is 5.02 Å². The van der Waals surface area contributed by atoms with Crippen molar-refractivity contribution in [2.75, 3.05) is 5.75 Å². The number of allylic oxidation sites excluding steroid dienone is 3. The summed E-state index contributed by atoms with van der Waals surface area (Å²) in [6, 6.07) is 14.5. The number of hydrogen-bond acceptors (Lipinski definition) is 7. The molecule has 1 heterocycles. The normalized spacial score (nSPS) is 15.8. The Hall–Kier alpha value is -3.41. The number of dihydropyridines is 1. The average molecular weight is 468 g/mol. The summed E-state index contributed by atoms with van der Waals surface area (Å²) < 4.78 is 0. The van der Waals surface area contributed by atoms with Crippen LogP contribution < -0.4 is 5.32 Å². The van der Waals surface area contributed by atoms with Gasteiger partial charge in [-0.05, 0) is 43.7 Å². The van der Waals surface area contributed by atoms with Crippen LogP contribution in [0.3, 0.4) is 0 Å². The van der Waals surface area contributed by atoms with Gasteiger partial charge in [0.15, 0.2) is 11.6 Å². The van der Waals surface area contributed by atoms with Crippen LogP contribution in [0.4, 0.5) is 5.69 Å². The van der Waals surface area contributed by atoms with E-state index in [9.17, 15) is 25.0 Å². The molecule has 2 aromatic rings. The first kappa shape index (κ1) is 23.3. The van der Waals surface area contributed by atoms with Crippen molar-refractivity contribution in [3.05, 3.63) is 96.7 Å². The van der Waals surface area contributed by atoms with Crippen molar-refractivity contribution in [1.82, 2.24) is 5.32 Å². The summed E-state index contributed by atoms with van der Waals surface area (Å²) in [6.07, 6.45) is 0. The van der Waals surface area contributed by atoms with Gasteiger partial charge >= 0.3 is 0 Å². The lowest BCUT2D eigenvalue weighted by molar-refractivity contribution is -0.384. The van der Waals surface area contributed by atoms with Gasteiger partial charge in [0.1, 0.15) is 0 Å². The Labute approximate surface area is 193 Å². The molecule has 0 unspecified atom stereocenters. The maximum absolute atomic E-state index is 12.6. The van der Waals surface area contributed by atoms with Crippen LogP contribution in [0, 0.1) is 21.4 Å². The Morgan fingerprint density at radius 2 is 1.81 bits per heavy atom. The number of nitriles is 1. The molecule has 0 amide bonds. The second kappa shape index (κ2) is 9.81. The molecule has 0 bridgehead atoms. The van der Waals surface area contributed by atoms with Crippen molar-refractivity contribution in [3.8, 4) is 6.07 Å². The van der Waals surface area contributed by atoms with Crippen molar-refractivity contribution in [2.24, 2.45) is 0 Å². The predicted octanol–water partition coefficient (Wildman–Crippen LogP) is 5.15. The molecule has 32 heavy (non-hydrogen) atoms. The molecule has 9 heteroatoms. The molecule has 0 aliphatic carbocycles. The number of halogens is 1. The molecule has 7 nitrogen and oxygen atoms in total. The Morgan fingerprint density at radius 1 is 1.19 bits per heavy atom. The average Bonchev–Trinajstić information content (AvgIpc) is 2.77. The molecule has 2 aromatic carbocycles. The summed E-state index contributed by atoms with van der Waals surface area (Å²) in [5.41, 5.74) is 2.42. The van der Waals surface area contributed by atoms with Gasteiger partial charge in [0, 0.05) is 34.0 Å². The molecule has 3 rings (SSSR count). The molecule has 0 radical (unpaired) electrons. The van der Waals surface area contributed by atoms with E-state index in [2.05, 4.69) is 11.4 Å². The smallest absolute Gasteiger partial charge is 0.269 e. The zero-order valence-electron chi connectivity index (χ0n) is 17.2. The van der Waals surface area contributed by atoms with Gasteiger partial charge < -0.3 is 5.32 Å². The van der Waals surface area contributed by atoms with Crippen molar-refractivity contribution in [2.45, 2.75) is 19.8 Å². The number of Topliss-reactive ketones (excluding diaryl/α,β-unsaturated/α-hetero) is 2. The van der Waals surface area contributed by atoms with E-state index < -0.39 is 10.8 Å². The van der Waals surface area contributed by atoms with Gasteiger partial charge in [-0.2, -0.15) is 5.26 Å². The summed E-state index contributed by atoms with van der Waals surface area (Å²) in [6.45, 7) is 3.21. The number of non-ortho nitro benzene ring substituents is 1. The molecule has 1 aliphatic rings. The van der Waals surface area contributed by atoms with Crippen LogP contribution in [0.5, 0.6) is 0 Å². The van der Waals surface area contributed by atoms with E-state index in [-0.39, 0.29) is 23.0 Å². The molecule has 1 aliphatic heterocycles. The van der Waals surface area contributed by atoms with E-state index in [1.165, 1.54) is 31.2 Å². The van der Waals surface area contributed by atoms with E-state index >= 15 is 0 Å². The number of benzene rings is 2. The van der Waals surface area contributed by atoms with Crippen LogP contribution in [-0.2, 0) is 4.79 Å². The maximum atomic E-state index is 12.6. The zero-order chi connectivity index (χ0) is 23.4. The summed E-state index contributed by atoms with van der Waals surface area (Å²) in [5.74, 6) is -0.957. The largest absolute Gasteiger partial charge is 0.353 e. The minimum absolute atomic E-state index is 0.0152. The second-order valence-electron chi connectivity index (χ2n) is 7.07. The summed E-state index contributed by atoms with van der Waals surface area (Å²) in [5, 5.41) is 24.9. The van der Waals surface area contributed by atoms with Crippen molar-refractivity contribution < 1.29 is 14.5 Å². The van der Waals surface area contributed by atoms with Crippen LogP contribution >= 0.6 is 23.4 Å². The van der Waals surface area contributed by atoms with Gasteiger partial charge in [0.05, 0.1) is 33.3 Å². The van der Waals surface area contributed by atoms with Crippen LogP contribution in [0.1, 0.15) is 35.7 Å². The molecule has 0 saturated heterocycles. The van der Waals surface area contributed by atoms with E-state index in [0.717, 1.165) is 17.3 Å². The zero-order valence-corrected chi connectivity index (χ0v) is 18.8. The molecule has 0 fully saturated rings. The van der Waals surface area contributed by atoms with Crippen LogP contribution in [-0.4, -0.2) is 22.2 Å². The van der Waals surface area contributed by atoms with Gasteiger partial charge in [-0.15, -0.1) is 0 Å². The monoisotopic (exact) mass is 467 g/mol. The number of ketones is 2.